The Balaban J connectivity index is 1.68. The maximum Gasteiger partial charge on any atom is 0.146 e. The Morgan fingerprint density at radius 3 is 3.39 bits per heavy atom. The van der Waals surface area contributed by atoms with Crippen molar-refractivity contribution in [3.63, 3.8) is 0 Å². The summed E-state index contributed by atoms with van der Waals surface area (Å²) in [7, 11) is 0. The molecule has 96 valence electrons. The molecule has 0 bridgehead atoms. The molecule has 2 aromatic rings. The van der Waals surface area contributed by atoms with Crippen LogP contribution in [0.15, 0.2) is 17.8 Å². The van der Waals surface area contributed by atoms with Crippen LogP contribution in [0.1, 0.15) is 42.1 Å². The zero-order chi connectivity index (χ0) is 12.4. The van der Waals surface area contributed by atoms with Crippen molar-refractivity contribution in [3.8, 4) is 0 Å². The molecular weight excluding hydrogens is 244 g/mol. The Kier molecular flexibility index (Phi) is 3.43. The summed E-state index contributed by atoms with van der Waals surface area (Å²) in [5.41, 5.74) is 1.49. The lowest BCUT2D eigenvalue weighted by atomic mass is 9.94. The molecule has 2 aromatic heterocycles. The molecule has 1 aliphatic carbocycles. The largest absolute Gasteiger partial charge is 0.317 e. The Morgan fingerprint density at radius 2 is 2.50 bits per heavy atom. The second-order valence-electron chi connectivity index (χ2n) is 4.66. The van der Waals surface area contributed by atoms with E-state index >= 15 is 0 Å². The monoisotopic (exact) mass is 262 g/mol. The van der Waals surface area contributed by atoms with Crippen molar-refractivity contribution < 1.29 is 0 Å². The van der Waals surface area contributed by atoms with Crippen LogP contribution in [0, 0.1) is 0 Å². The van der Waals surface area contributed by atoms with E-state index < -0.39 is 0 Å². The number of fused-ring (bicyclic) bond motifs is 1. The summed E-state index contributed by atoms with van der Waals surface area (Å²) < 4.78 is 2.09. The minimum atomic E-state index is 0.488. The minimum Gasteiger partial charge on any atom is -0.317 e. The van der Waals surface area contributed by atoms with E-state index in [-0.39, 0.29) is 0 Å². The summed E-state index contributed by atoms with van der Waals surface area (Å²) >= 11 is 1.89. The second-order valence-corrected chi connectivity index (χ2v) is 5.66. The molecule has 0 spiro atoms. The van der Waals surface area contributed by atoms with Crippen LogP contribution in [0.4, 0.5) is 0 Å². The van der Waals surface area contributed by atoms with Crippen LogP contribution in [0.5, 0.6) is 0 Å². The van der Waals surface area contributed by atoms with E-state index in [9.17, 15) is 0 Å². The van der Waals surface area contributed by atoms with Crippen LogP contribution < -0.4 is 5.32 Å². The molecule has 0 saturated carbocycles. The highest BCUT2D eigenvalue weighted by molar-refractivity contribution is 7.10. The maximum absolute atomic E-state index is 4.17. The maximum atomic E-state index is 4.17. The van der Waals surface area contributed by atoms with E-state index in [0.717, 1.165) is 18.9 Å². The number of hydrogen-bond acceptors (Lipinski definition) is 4. The average Bonchev–Trinajstić information content (AvgIpc) is 3.04. The third-order valence-electron chi connectivity index (χ3n) is 3.59. The number of hydrogen-bond donors (Lipinski definition) is 1. The highest BCUT2D eigenvalue weighted by atomic mass is 32.1. The summed E-state index contributed by atoms with van der Waals surface area (Å²) in [6.45, 7) is 3.84. The fourth-order valence-corrected chi connectivity index (χ4v) is 3.58. The number of thiophene rings is 1. The predicted octanol–water partition coefficient (Wildman–Crippen LogP) is 2.53. The molecule has 4 nitrogen and oxygen atoms in total. The van der Waals surface area contributed by atoms with Gasteiger partial charge in [-0.2, -0.15) is 0 Å². The lowest BCUT2D eigenvalue weighted by Crippen LogP contribution is -2.25. The average molecular weight is 262 g/mol. The van der Waals surface area contributed by atoms with Gasteiger partial charge in [0.2, 0.25) is 0 Å². The Hall–Kier alpha value is -1.20. The molecule has 2 heterocycles. The van der Waals surface area contributed by atoms with Crippen molar-refractivity contribution in [1.82, 2.24) is 20.1 Å². The zero-order valence-corrected chi connectivity index (χ0v) is 11.4. The van der Waals surface area contributed by atoms with Gasteiger partial charge in [0.1, 0.15) is 12.2 Å². The molecule has 3 rings (SSSR count). The van der Waals surface area contributed by atoms with Gasteiger partial charge in [0.15, 0.2) is 0 Å². The van der Waals surface area contributed by atoms with Crippen molar-refractivity contribution in [3.05, 3.63) is 34.0 Å². The first-order valence-electron chi connectivity index (χ1n) is 6.55. The minimum absolute atomic E-state index is 0.488. The van der Waals surface area contributed by atoms with Crippen molar-refractivity contribution in [2.45, 2.75) is 45.3 Å². The summed E-state index contributed by atoms with van der Waals surface area (Å²) in [5.74, 6) is 1.03. The number of nitrogens with one attached hydrogen (secondary N) is 1. The normalized spacial score (nSPS) is 18.8. The summed E-state index contributed by atoms with van der Waals surface area (Å²) in [6, 6.07) is 2.75. The first kappa shape index (κ1) is 11.9. The Morgan fingerprint density at radius 1 is 1.56 bits per heavy atom. The van der Waals surface area contributed by atoms with Gasteiger partial charge in [0, 0.05) is 17.5 Å². The quantitative estimate of drug-likeness (QED) is 0.920. The molecule has 0 saturated heterocycles. The number of rotatable bonds is 4. The van der Waals surface area contributed by atoms with Crippen molar-refractivity contribution in [2.75, 3.05) is 0 Å². The van der Waals surface area contributed by atoms with Gasteiger partial charge in [-0.1, -0.05) is 0 Å². The van der Waals surface area contributed by atoms with E-state index in [1.807, 2.05) is 11.3 Å². The van der Waals surface area contributed by atoms with Crippen LogP contribution in [0.25, 0.3) is 0 Å². The SMILES string of the molecule is CCn1cnnc1CN[C@@H]1CCCc2sccc21. The lowest BCUT2D eigenvalue weighted by molar-refractivity contribution is 0.450. The Labute approximate surface area is 111 Å². The van der Waals surface area contributed by atoms with Gasteiger partial charge >= 0.3 is 0 Å². The van der Waals surface area contributed by atoms with Crippen LogP contribution in [0.2, 0.25) is 0 Å². The highest BCUT2D eigenvalue weighted by Gasteiger charge is 2.21. The fourth-order valence-electron chi connectivity index (χ4n) is 2.59. The third-order valence-corrected chi connectivity index (χ3v) is 4.59. The molecule has 0 radical (unpaired) electrons. The molecule has 0 unspecified atom stereocenters. The predicted molar refractivity (Wildman–Crippen MR) is 72.5 cm³/mol. The van der Waals surface area contributed by atoms with Gasteiger partial charge in [-0.3, -0.25) is 0 Å². The van der Waals surface area contributed by atoms with E-state index in [1.165, 1.54) is 24.8 Å². The molecule has 0 amide bonds. The second kappa shape index (κ2) is 5.20. The van der Waals surface area contributed by atoms with Gasteiger partial charge in [-0.25, -0.2) is 0 Å². The van der Waals surface area contributed by atoms with E-state index in [4.69, 9.17) is 0 Å². The summed E-state index contributed by atoms with van der Waals surface area (Å²) in [6.07, 6.45) is 5.56. The van der Waals surface area contributed by atoms with Crippen molar-refractivity contribution in [2.24, 2.45) is 0 Å². The van der Waals surface area contributed by atoms with Gasteiger partial charge in [0.05, 0.1) is 6.54 Å². The third kappa shape index (κ3) is 2.20. The van der Waals surface area contributed by atoms with Crippen LogP contribution in [-0.2, 0) is 19.5 Å². The van der Waals surface area contributed by atoms with E-state index in [2.05, 4.69) is 38.5 Å². The molecule has 5 heteroatoms. The molecule has 1 N–H and O–H groups in total. The highest BCUT2D eigenvalue weighted by Crippen LogP contribution is 2.33. The van der Waals surface area contributed by atoms with Crippen molar-refractivity contribution in [1.29, 1.82) is 0 Å². The molecular formula is C13H18N4S. The van der Waals surface area contributed by atoms with Crippen molar-refractivity contribution >= 4 is 11.3 Å². The molecule has 1 atom stereocenters. The topological polar surface area (TPSA) is 42.7 Å². The number of nitrogens with zero attached hydrogens (tertiary/aromatic N) is 3. The van der Waals surface area contributed by atoms with Gasteiger partial charge in [-0.05, 0) is 43.2 Å². The van der Waals surface area contributed by atoms with Crippen LogP contribution in [-0.4, -0.2) is 14.8 Å². The van der Waals surface area contributed by atoms with Gasteiger partial charge < -0.3 is 9.88 Å². The summed E-state index contributed by atoms with van der Waals surface area (Å²) in [4.78, 5) is 1.55. The molecule has 0 fully saturated rings. The number of aryl methyl sites for hydroxylation is 2. The van der Waals surface area contributed by atoms with E-state index in [1.54, 1.807) is 11.2 Å². The molecule has 0 aromatic carbocycles. The smallest absolute Gasteiger partial charge is 0.146 e. The molecule has 18 heavy (non-hydrogen) atoms. The van der Waals surface area contributed by atoms with Gasteiger partial charge in [-0.15, -0.1) is 21.5 Å². The van der Waals surface area contributed by atoms with Crippen LogP contribution in [0.3, 0.4) is 0 Å². The fraction of sp³-hybridized carbons (Fsp3) is 0.538. The molecule has 1 aliphatic rings. The zero-order valence-electron chi connectivity index (χ0n) is 10.6. The number of aromatic nitrogens is 3. The lowest BCUT2D eigenvalue weighted by Gasteiger charge is -2.23. The molecule has 0 aliphatic heterocycles. The Bertz CT molecular complexity index is 517. The van der Waals surface area contributed by atoms with Gasteiger partial charge in [0.25, 0.3) is 0 Å². The standard InChI is InChI=1S/C13H18N4S/c1-2-17-9-15-16-13(17)8-14-11-4-3-5-12-10(11)6-7-18-12/h6-7,9,11,14H,2-5,8H2,1H3/t11-/m1/s1. The first-order chi connectivity index (χ1) is 8.88. The summed E-state index contributed by atoms with van der Waals surface area (Å²) in [5, 5.41) is 14.0. The van der Waals surface area contributed by atoms with Crippen LogP contribution >= 0.6 is 11.3 Å². The first-order valence-corrected chi connectivity index (χ1v) is 7.42. The van der Waals surface area contributed by atoms with E-state index in [0.29, 0.717) is 6.04 Å².